The number of nitrogens with one attached hydrogen (secondary N) is 2. The molecule has 1 aromatic heterocycles. The number of fused-ring (bicyclic) bond motifs is 1. The first-order valence-electron chi connectivity index (χ1n) is 7.17. The van der Waals surface area contributed by atoms with Crippen molar-refractivity contribution in [3.8, 4) is 5.75 Å². The van der Waals surface area contributed by atoms with Crippen molar-refractivity contribution in [1.82, 2.24) is 10.3 Å². The minimum Gasteiger partial charge on any atom is -0.497 e. The Morgan fingerprint density at radius 3 is 2.90 bits per heavy atom. The number of hydrogen-bond acceptors (Lipinski definition) is 3. The van der Waals surface area contributed by atoms with E-state index in [9.17, 15) is 9.90 Å². The maximum absolute atomic E-state index is 12.2. The highest BCUT2D eigenvalue weighted by Gasteiger charge is 2.40. The molecule has 0 bridgehead atoms. The highest BCUT2D eigenvalue weighted by Crippen LogP contribution is 2.39. The second-order valence-corrected chi connectivity index (χ2v) is 5.95. The van der Waals surface area contributed by atoms with Crippen molar-refractivity contribution in [2.45, 2.75) is 25.4 Å². The Labute approximate surface area is 123 Å². The van der Waals surface area contributed by atoms with Crippen LogP contribution in [0, 0.1) is 5.92 Å². The van der Waals surface area contributed by atoms with E-state index in [1.807, 2.05) is 18.2 Å². The molecule has 0 spiro atoms. The molecule has 5 heteroatoms. The lowest BCUT2D eigenvalue weighted by atomic mass is 10.0. The van der Waals surface area contributed by atoms with Crippen LogP contribution in [-0.4, -0.2) is 35.3 Å². The van der Waals surface area contributed by atoms with Gasteiger partial charge in [0.25, 0.3) is 5.91 Å². The summed E-state index contributed by atoms with van der Waals surface area (Å²) in [6.07, 6.45) is 2.07. The number of aliphatic hydroxyl groups is 1. The summed E-state index contributed by atoms with van der Waals surface area (Å²) < 4.78 is 5.16. The van der Waals surface area contributed by atoms with Crippen LogP contribution in [0.5, 0.6) is 5.75 Å². The predicted octanol–water partition coefficient (Wildman–Crippen LogP) is 2.07. The Hall–Kier alpha value is -2.01. The number of aromatic amines is 1. The van der Waals surface area contributed by atoms with Crippen LogP contribution in [-0.2, 0) is 0 Å². The van der Waals surface area contributed by atoms with Gasteiger partial charge in [0.1, 0.15) is 11.4 Å². The Balaban J connectivity index is 1.72. The van der Waals surface area contributed by atoms with Gasteiger partial charge in [-0.1, -0.05) is 0 Å². The lowest BCUT2D eigenvalue weighted by molar-refractivity contribution is 0.0353. The third-order valence-electron chi connectivity index (χ3n) is 4.14. The van der Waals surface area contributed by atoms with E-state index in [2.05, 4.69) is 10.3 Å². The second kappa shape index (κ2) is 5.07. The van der Waals surface area contributed by atoms with Gasteiger partial charge in [-0.25, -0.2) is 0 Å². The lowest BCUT2D eigenvalue weighted by Crippen LogP contribution is -2.42. The number of H-pyrrole nitrogens is 1. The van der Waals surface area contributed by atoms with Crippen molar-refractivity contribution < 1.29 is 14.6 Å². The highest BCUT2D eigenvalue weighted by molar-refractivity contribution is 5.98. The monoisotopic (exact) mass is 288 g/mol. The molecule has 1 fully saturated rings. The average Bonchev–Trinajstić information content (AvgIpc) is 3.24. The van der Waals surface area contributed by atoms with E-state index in [4.69, 9.17) is 4.74 Å². The minimum atomic E-state index is -0.815. The van der Waals surface area contributed by atoms with Crippen LogP contribution < -0.4 is 10.1 Å². The average molecular weight is 288 g/mol. The van der Waals surface area contributed by atoms with Crippen molar-refractivity contribution in [1.29, 1.82) is 0 Å². The molecule has 5 nitrogen and oxygen atoms in total. The number of carbonyl (C=O) groups is 1. The number of carbonyl (C=O) groups excluding carboxylic acids is 1. The van der Waals surface area contributed by atoms with E-state index in [1.165, 1.54) is 0 Å². The molecule has 0 radical (unpaired) electrons. The van der Waals surface area contributed by atoms with Crippen LogP contribution >= 0.6 is 0 Å². The van der Waals surface area contributed by atoms with Crippen molar-refractivity contribution in [3.05, 3.63) is 30.0 Å². The van der Waals surface area contributed by atoms with Crippen LogP contribution in [0.2, 0.25) is 0 Å². The SMILES string of the molecule is COc1ccc2cc(C(=O)NC[C@](C)(O)C3CC3)[nH]c2c1. The van der Waals surface area contributed by atoms with Crippen molar-refractivity contribution >= 4 is 16.8 Å². The second-order valence-electron chi connectivity index (χ2n) is 5.95. The number of methoxy groups -OCH3 is 1. The van der Waals surface area contributed by atoms with Crippen LogP contribution in [0.25, 0.3) is 10.9 Å². The molecule has 21 heavy (non-hydrogen) atoms. The molecule has 0 aliphatic heterocycles. The van der Waals surface area contributed by atoms with Gasteiger partial charge in [0.2, 0.25) is 0 Å². The van der Waals surface area contributed by atoms with Gasteiger partial charge >= 0.3 is 0 Å². The molecule has 1 aromatic carbocycles. The Morgan fingerprint density at radius 2 is 2.24 bits per heavy atom. The predicted molar refractivity (Wildman–Crippen MR) is 80.5 cm³/mol. The van der Waals surface area contributed by atoms with Gasteiger partial charge in [0, 0.05) is 23.5 Å². The molecule has 1 aliphatic carbocycles. The summed E-state index contributed by atoms with van der Waals surface area (Å²) in [4.78, 5) is 15.3. The molecule has 112 valence electrons. The van der Waals surface area contributed by atoms with Gasteiger partial charge in [0.15, 0.2) is 0 Å². The quantitative estimate of drug-likeness (QED) is 0.788. The Morgan fingerprint density at radius 1 is 1.48 bits per heavy atom. The fraction of sp³-hybridized carbons (Fsp3) is 0.438. The largest absolute Gasteiger partial charge is 0.497 e. The zero-order valence-electron chi connectivity index (χ0n) is 12.3. The molecule has 0 saturated heterocycles. The summed E-state index contributed by atoms with van der Waals surface area (Å²) >= 11 is 0. The van der Waals surface area contributed by atoms with E-state index in [-0.39, 0.29) is 12.5 Å². The van der Waals surface area contributed by atoms with Crippen molar-refractivity contribution in [3.63, 3.8) is 0 Å². The maximum atomic E-state index is 12.2. The normalized spacial score (nSPS) is 17.5. The zero-order chi connectivity index (χ0) is 15.0. The first-order valence-corrected chi connectivity index (χ1v) is 7.17. The van der Waals surface area contributed by atoms with Gasteiger partial charge in [-0.15, -0.1) is 0 Å². The molecular formula is C16H20N2O3. The first kappa shape index (κ1) is 13.9. The highest BCUT2D eigenvalue weighted by atomic mass is 16.5. The summed E-state index contributed by atoms with van der Waals surface area (Å²) in [6, 6.07) is 7.42. The van der Waals surface area contributed by atoms with E-state index in [1.54, 1.807) is 20.1 Å². The van der Waals surface area contributed by atoms with Gasteiger partial charge in [-0.2, -0.15) is 0 Å². The molecule has 3 N–H and O–H groups in total. The zero-order valence-corrected chi connectivity index (χ0v) is 12.3. The Kier molecular flexibility index (Phi) is 3.37. The van der Waals surface area contributed by atoms with Crippen LogP contribution in [0.15, 0.2) is 24.3 Å². The fourth-order valence-electron chi connectivity index (χ4n) is 2.56. The van der Waals surface area contributed by atoms with Crippen LogP contribution in [0.3, 0.4) is 0 Å². The van der Waals surface area contributed by atoms with E-state index in [0.29, 0.717) is 11.6 Å². The summed E-state index contributed by atoms with van der Waals surface area (Å²) in [5.74, 6) is 0.851. The molecule has 1 amide bonds. The maximum Gasteiger partial charge on any atom is 0.267 e. The Bertz CT molecular complexity index is 671. The topological polar surface area (TPSA) is 74.3 Å². The standard InChI is InChI=1S/C16H20N2O3/c1-16(20,11-4-5-11)9-17-15(19)14-7-10-3-6-12(21-2)8-13(10)18-14/h3,6-8,11,18,20H,4-5,9H2,1-2H3,(H,17,19)/t16-/m0/s1. The van der Waals surface area contributed by atoms with E-state index in [0.717, 1.165) is 29.5 Å². The summed E-state index contributed by atoms with van der Waals surface area (Å²) in [7, 11) is 1.61. The number of rotatable bonds is 5. The number of aromatic nitrogens is 1. The summed E-state index contributed by atoms with van der Waals surface area (Å²) in [6.45, 7) is 2.05. The summed E-state index contributed by atoms with van der Waals surface area (Å²) in [5, 5.41) is 14.0. The molecule has 1 heterocycles. The van der Waals surface area contributed by atoms with Gasteiger partial charge in [0.05, 0.1) is 12.7 Å². The molecule has 1 aliphatic rings. The van der Waals surface area contributed by atoms with Gasteiger partial charge in [-0.05, 0) is 43.9 Å². The van der Waals surface area contributed by atoms with E-state index < -0.39 is 5.60 Å². The van der Waals surface area contributed by atoms with Crippen LogP contribution in [0.1, 0.15) is 30.3 Å². The number of amides is 1. The number of hydrogen-bond donors (Lipinski definition) is 3. The van der Waals surface area contributed by atoms with Crippen molar-refractivity contribution in [2.24, 2.45) is 5.92 Å². The van der Waals surface area contributed by atoms with Gasteiger partial charge < -0.3 is 20.1 Å². The minimum absolute atomic E-state index is 0.203. The molecule has 2 aromatic rings. The molecule has 3 rings (SSSR count). The van der Waals surface area contributed by atoms with Crippen molar-refractivity contribution in [2.75, 3.05) is 13.7 Å². The van der Waals surface area contributed by atoms with Crippen LogP contribution in [0.4, 0.5) is 0 Å². The molecule has 0 unspecified atom stereocenters. The van der Waals surface area contributed by atoms with E-state index >= 15 is 0 Å². The molecule has 1 saturated carbocycles. The molecular weight excluding hydrogens is 268 g/mol. The first-order chi connectivity index (χ1) is 9.99. The summed E-state index contributed by atoms with van der Waals surface area (Å²) in [5.41, 5.74) is 0.531. The third-order valence-corrected chi connectivity index (χ3v) is 4.14. The fourth-order valence-corrected chi connectivity index (χ4v) is 2.56. The lowest BCUT2D eigenvalue weighted by Gasteiger charge is -2.22. The molecule has 1 atom stereocenters. The number of benzene rings is 1. The smallest absolute Gasteiger partial charge is 0.267 e. The number of ether oxygens (including phenoxy) is 1. The third kappa shape index (κ3) is 2.88. The van der Waals surface area contributed by atoms with Gasteiger partial charge in [-0.3, -0.25) is 4.79 Å².